The van der Waals surface area contributed by atoms with Crippen molar-refractivity contribution in [1.82, 2.24) is 9.47 Å². The Balaban J connectivity index is 1.23. The SMILES string of the molecule is COc1cccn(-c2ccc(CN3C(=O)[C@]4(O[C@H](CC(=O)N5Cc6ccccc6C[C@H]5CO)[C@@H]([Si](C)(C)F)[C@@H]4C)c4cc([N+](=O)[O-])ccc43)cc2)c1=O. The summed E-state index contributed by atoms with van der Waals surface area (Å²) in [5, 5.41) is 22.3. The van der Waals surface area contributed by atoms with Gasteiger partial charge in [0.05, 0.1) is 49.4 Å². The number of nitrogens with zero attached hydrogens (tertiary/aromatic N) is 4. The van der Waals surface area contributed by atoms with E-state index in [9.17, 15) is 29.6 Å². The van der Waals surface area contributed by atoms with E-state index in [-0.39, 0.29) is 54.6 Å². The van der Waals surface area contributed by atoms with Gasteiger partial charge in [-0.1, -0.05) is 43.3 Å². The number of methoxy groups -OCH3 is 1. The van der Waals surface area contributed by atoms with Crippen LogP contribution >= 0.6 is 0 Å². The van der Waals surface area contributed by atoms with E-state index in [2.05, 4.69) is 0 Å². The predicted molar refractivity (Wildman–Crippen MR) is 197 cm³/mol. The lowest BCUT2D eigenvalue weighted by atomic mass is 9.82. The van der Waals surface area contributed by atoms with Crippen molar-refractivity contribution in [3.8, 4) is 11.4 Å². The molecule has 14 heteroatoms. The average Bonchev–Trinajstić information content (AvgIpc) is 3.56. The molecule has 0 bridgehead atoms. The number of carbonyl (C=O) groups excluding carboxylic acids is 2. The van der Waals surface area contributed by atoms with Crippen molar-refractivity contribution in [3.05, 3.63) is 128 Å². The second-order valence-electron chi connectivity index (χ2n) is 14.6. The molecule has 1 spiro atoms. The highest BCUT2D eigenvalue weighted by atomic mass is 28.4. The number of aliphatic hydroxyl groups is 1. The first-order valence-corrected chi connectivity index (χ1v) is 20.5. The van der Waals surface area contributed by atoms with Gasteiger partial charge in [0.2, 0.25) is 14.3 Å². The maximum Gasteiger partial charge on any atom is 0.297 e. The molecule has 1 aromatic heterocycles. The van der Waals surface area contributed by atoms with Crippen LogP contribution in [0.15, 0.2) is 89.9 Å². The molecule has 3 aliphatic rings. The number of benzene rings is 3. The van der Waals surface area contributed by atoms with Crippen LogP contribution in [0.4, 0.5) is 15.5 Å². The minimum atomic E-state index is -3.66. The Morgan fingerprint density at radius 1 is 1.08 bits per heavy atom. The van der Waals surface area contributed by atoms with Crippen LogP contribution in [0.5, 0.6) is 5.75 Å². The summed E-state index contributed by atoms with van der Waals surface area (Å²) in [5.41, 5.74) is 0.790. The van der Waals surface area contributed by atoms with E-state index in [1.54, 1.807) is 54.4 Å². The topological polar surface area (TPSA) is 144 Å². The van der Waals surface area contributed by atoms with Crippen LogP contribution in [0, 0.1) is 16.0 Å². The molecule has 0 radical (unpaired) electrons. The molecule has 4 heterocycles. The van der Waals surface area contributed by atoms with Crippen molar-refractivity contribution in [2.75, 3.05) is 18.6 Å². The number of aromatic nitrogens is 1. The Morgan fingerprint density at radius 2 is 1.79 bits per heavy atom. The van der Waals surface area contributed by atoms with Gasteiger partial charge in [-0.15, -0.1) is 0 Å². The summed E-state index contributed by atoms with van der Waals surface area (Å²) in [6.45, 7) is 4.89. The summed E-state index contributed by atoms with van der Waals surface area (Å²) in [4.78, 5) is 56.4. The summed E-state index contributed by atoms with van der Waals surface area (Å²) in [6.07, 6.45) is 0.867. The van der Waals surface area contributed by atoms with Crippen LogP contribution < -0.4 is 15.2 Å². The van der Waals surface area contributed by atoms with Crippen molar-refractivity contribution < 1.29 is 33.2 Å². The molecule has 1 fully saturated rings. The zero-order chi connectivity index (χ0) is 37.8. The number of anilines is 1. The van der Waals surface area contributed by atoms with Crippen molar-refractivity contribution in [3.63, 3.8) is 0 Å². The molecule has 4 aromatic rings. The maximum atomic E-state index is 16.5. The van der Waals surface area contributed by atoms with Gasteiger partial charge in [0.25, 0.3) is 17.2 Å². The molecule has 0 aliphatic carbocycles. The summed E-state index contributed by atoms with van der Waals surface area (Å²) >= 11 is 0. The van der Waals surface area contributed by atoms with Crippen LogP contribution in [0.3, 0.4) is 0 Å². The smallest absolute Gasteiger partial charge is 0.297 e. The summed E-state index contributed by atoms with van der Waals surface area (Å²) in [7, 11) is -2.24. The van der Waals surface area contributed by atoms with Gasteiger partial charge in [0, 0.05) is 47.6 Å². The van der Waals surface area contributed by atoms with Crippen molar-refractivity contribution in [2.45, 2.75) is 69.2 Å². The zero-order valence-corrected chi connectivity index (χ0v) is 30.9. The number of halogens is 1. The normalized spacial score (nSPS) is 23.6. The van der Waals surface area contributed by atoms with Crippen molar-refractivity contribution in [1.29, 1.82) is 0 Å². The van der Waals surface area contributed by atoms with Crippen LogP contribution in [0.25, 0.3) is 5.69 Å². The third-order valence-electron chi connectivity index (χ3n) is 11.1. The standard InChI is InChI=1S/C39H41FN4O8Si/c1-24-36(53(3,4)40)34(20-35(46)42-22-27-9-6-5-8-26(27)18-30(42)23-45)52-39(24)31-19-29(44(49)50)15-16-32(31)43(38(39)48)21-25-11-13-28(14-12-25)41-17-7-10-33(51-2)37(41)47/h5-17,19,24,30,34,36,45H,18,20-23H2,1-4H3/t24-,30-,34+,36-,39+/m0/s1. The number of nitro benzene ring substituents is 1. The van der Waals surface area contributed by atoms with Gasteiger partial charge in [-0.2, -0.15) is 0 Å². The minimum Gasteiger partial charge on any atom is -0.491 e. The van der Waals surface area contributed by atoms with Crippen molar-refractivity contribution >= 4 is 31.6 Å². The Kier molecular flexibility index (Phi) is 9.33. The number of aliphatic hydroxyl groups excluding tert-OH is 1. The Morgan fingerprint density at radius 3 is 2.45 bits per heavy atom. The molecular weight excluding hydrogens is 700 g/mol. The van der Waals surface area contributed by atoms with E-state index in [4.69, 9.17) is 9.47 Å². The first-order chi connectivity index (χ1) is 25.3. The molecule has 3 aliphatic heterocycles. The third-order valence-corrected chi connectivity index (χ3v) is 13.6. The Hall–Kier alpha value is -5.18. The lowest BCUT2D eigenvalue weighted by Gasteiger charge is -2.37. The number of amides is 2. The van der Waals surface area contributed by atoms with Gasteiger partial charge >= 0.3 is 0 Å². The molecule has 276 valence electrons. The lowest BCUT2D eigenvalue weighted by Crippen LogP contribution is -2.48. The van der Waals surface area contributed by atoms with Gasteiger partial charge in [0.1, 0.15) is 0 Å². The first-order valence-electron chi connectivity index (χ1n) is 17.6. The number of ether oxygens (including phenoxy) is 2. The molecular formula is C39H41FN4O8Si. The predicted octanol–water partition coefficient (Wildman–Crippen LogP) is 5.41. The average molecular weight is 741 g/mol. The number of hydrogen-bond donors (Lipinski definition) is 1. The van der Waals surface area contributed by atoms with E-state index < -0.39 is 48.4 Å². The second-order valence-corrected chi connectivity index (χ2v) is 18.4. The number of hydrogen-bond acceptors (Lipinski definition) is 8. The number of carbonyl (C=O) groups is 2. The monoisotopic (exact) mass is 740 g/mol. The molecule has 5 atom stereocenters. The van der Waals surface area contributed by atoms with E-state index in [0.717, 1.165) is 11.1 Å². The molecule has 2 amide bonds. The minimum absolute atomic E-state index is 0.0604. The molecule has 0 saturated carbocycles. The number of non-ortho nitro benzene ring substituents is 1. The summed E-state index contributed by atoms with van der Waals surface area (Å²) in [5.74, 6) is -1.41. The Labute approximate surface area is 306 Å². The summed E-state index contributed by atoms with van der Waals surface area (Å²) < 4.78 is 29.8. The largest absolute Gasteiger partial charge is 0.491 e. The van der Waals surface area contributed by atoms with E-state index in [1.807, 2.05) is 24.3 Å². The second kappa shape index (κ2) is 13.7. The van der Waals surface area contributed by atoms with Gasteiger partial charge < -0.3 is 28.5 Å². The lowest BCUT2D eigenvalue weighted by molar-refractivity contribution is -0.385. The fourth-order valence-electron chi connectivity index (χ4n) is 8.62. The molecule has 0 unspecified atom stereocenters. The van der Waals surface area contributed by atoms with Gasteiger partial charge in [-0.05, 0) is 66.5 Å². The van der Waals surface area contributed by atoms with E-state index in [0.29, 0.717) is 23.4 Å². The van der Waals surface area contributed by atoms with Crippen LogP contribution in [-0.4, -0.2) is 65.6 Å². The number of rotatable bonds is 9. The van der Waals surface area contributed by atoms with Crippen molar-refractivity contribution in [2.24, 2.45) is 5.92 Å². The van der Waals surface area contributed by atoms with Crippen LogP contribution in [0.1, 0.15) is 35.6 Å². The summed E-state index contributed by atoms with van der Waals surface area (Å²) in [6, 6.07) is 21.7. The molecule has 1 N–H and O–H groups in total. The quantitative estimate of drug-likeness (QED) is 0.104. The molecule has 53 heavy (non-hydrogen) atoms. The number of pyridine rings is 1. The van der Waals surface area contributed by atoms with Crippen LogP contribution in [0.2, 0.25) is 18.6 Å². The highest BCUT2D eigenvalue weighted by molar-refractivity contribution is 6.72. The third kappa shape index (κ3) is 6.13. The Bertz CT molecular complexity index is 2150. The first kappa shape index (κ1) is 36.2. The fraction of sp³-hybridized carbons (Fsp3) is 0.359. The highest BCUT2D eigenvalue weighted by Gasteiger charge is 2.67. The van der Waals surface area contributed by atoms with Gasteiger partial charge in [0.15, 0.2) is 11.4 Å². The fourth-order valence-corrected chi connectivity index (χ4v) is 11.1. The molecule has 1 saturated heterocycles. The molecule has 12 nitrogen and oxygen atoms in total. The van der Waals surface area contributed by atoms with E-state index in [1.165, 1.54) is 47.9 Å². The number of fused-ring (bicyclic) bond motifs is 3. The highest BCUT2D eigenvalue weighted by Crippen LogP contribution is 2.60. The maximum absolute atomic E-state index is 16.5. The van der Waals surface area contributed by atoms with Gasteiger partial charge in [-0.25, -0.2) is 0 Å². The molecule has 3 aromatic carbocycles. The molecule has 7 rings (SSSR count). The van der Waals surface area contributed by atoms with E-state index >= 15 is 4.11 Å². The van der Waals surface area contributed by atoms with Crippen LogP contribution in [-0.2, 0) is 39.4 Å². The number of nitro groups is 1. The van der Waals surface area contributed by atoms with Gasteiger partial charge in [-0.3, -0.25) is 29.1 Å². The zero-order valence-electron chi connectivity index (χ0n) is 29.9.